The van der Waals surface area contributed by atoms with E-state index in [0.29, 0.717) is 28.0 Å². The average molecular weight is 511 g/mol. The van der Waals surface area contributed by atoms with Crippen LogP contribution in [0.2, 0.25) is 0 Å². The van der Waals surface area contributed by atoms with Gasteiger partial charge in [-0.2, -0.15) is 0 Å². The number of anilines is 2. The number of aliphatic hydroxyl groups is 1. The largest absolute Gasteiger partial charge is 0.507 e. The molecular weight excluding hydrogens is 480 g/mol. The first-order chi connectivity index (χ1) is 18.1. The van der Waals surface area contributed by atoms with Crippen LogP contribution in [0, 0.1) is 20.8 Å². The number of aromatic amines is 1. The van der Waals surface area contributed by atoms with Gasteiger partial charge in [-0.1, -0.05) is 12.1 Å². The average Bonchev–Trinajstić information content (AvgIpc) is 3.41. The van der Waals surface area contributed by atoms with Crippen LogP contribution in [0.5, 0.6) is 5.75 Å². The third-order valence-corrected chi connectivity index (χ3v) is 7.17. The van der Waals surface area contributed by atoms with Crippen molar-refractivity contribution >= 4 is 40.1 Å². The molecule has 0 saturated carbocycles. The first-order valence-electron chi connectivity index (χ1n) is 12.3. The van der Waals surface area contributed by atoms with E-state index in [1.54, 1.807) is 25.3 Å². The Morgan fingerprint density at radius 1 is 0.974 bits per heavy atom. The third-order valence-electron chi connectivity index (χ3n) is 7.17. The molecule has 0 radical (unpaired) electrons. The van der Waals surface area contributed by atoms with E-state index in [-0.39, 0.29) is 17.3 Å². The normalized spacial score (nSPS) is 16.9. The second-order valence-corrected chi connectivity index (χ2v) is 9.85. The van der Waals surface area contributed by atoms with Gasteiger partial charge in [-0.05, 0) is 85.5 Å². The van der Waals surface area contributed by atoms with Crippen LogP contribution in [0.25, 0.3) is 16.8 Å². The minimum absolute atomic E-state index is 0.00804. The zero-order chi connectivity index (χ0) is 27.3. The summed E-state index contributed by atoms with van der Waals surface area (Å²) in [5, 5.41) is 11.5. The highest BCUT2D eigenvalue weighted by Gasteiger charge is 2.48. The zero-order valence-corrected chi connectivity index (χ0v) is 22.3. The number of carbonyl (C=O) groups is 2. The van der Waals surface area contributed by atoms with E-state index in [9.17, 15) is 14.7 Å². The van der Waals surface area contributed by atoms with E-state index in [1.807, 2.05) is 76.2 Å². The standard InChI is InChI=1S/C30H30N4O4/c1-16-14-23-24(15-17(16)2)32-30(31-23)34-26(19-7-9-20(10-8-19)33(4)5)25(28(36)29(34)37)27(35)22-12-11-21(38-6)13-18(22)3/h7-15,26,35H,1-6H3,(H,31,32)/b27-25+. The molecule has 1 saturated heterocycles. The fraction of sp³-hybridized carbons (Fsp3) is 0.233. The van der Waals surface area contributed by atoms with Crippen LogP contribution in [0.1, 0.15) is 33.9 Å². The van der Waals surface area contributed by atoms with Gasteiger partial charge in [-0.15, -0.1) is 0 Å². The highest BCUT2D eigenvalue weighted by molar-refractivity contribution is 6.51. The lowest BCUT2D eigenvalue weighted by molar-refractivity contribution is -0.132. The van der Waals surface area contributed by atoms with Gasteiger partial charge in [-0.25, -0.2) is 4.98 Å². The molecule has 2 heterocycles. The van der Waals surface area contributed by atoms with Crippen molar-refractivity contribution in [1.29, 1.82) is 0 Å². The summed E-state index contributed by atoms with van der Waals surface area (Å²) < 4.78 is 5.29. The van der Waals surface area contributed by atoms with Gasteiger partial charge in [0.05, 0.1) is 29.8 Å². The summed E-state index contributed by atoms with van der Waals surface area (Å²) in [6.07, 6.45) is 0. The highest BCUT2D eigenvalue weighted by Crippen LogP contribution is 2.42. The van der Waals surface area contributed by atoms with Crippen molar-refractivity contribution in [2.75, 3.05) is 31.0 Å². The molecule has 3 aromatic carbocycles. The predicted molar refractivity (Wildman–Crippen MR) is 149 cm³/mol. The summed E-state index contributed by atoms with van der Waals surface area (Å²) >= 11 is 0. The number of benzene rings is 3. The maximum Gasteiger partial charge on any atom is 0.302 e. The maximum absolute atomic E-state index is 13.5. The first-order valence-corrected chi connectivity index (χ1v) is 12.3. The van der Waals surface area contributed by atoms with Crippen LogP contribution in [-0.2, 0) is 9.59 Å². The monoisotopic (exact) mass is 510 g/mol. The van der Waals surface area contributed by atoms with Crippen molar-refractivity contribution < 1.29 is 19.4 Å². The van der Waals surface area contributed by atoms with Crippen LogP contribution < -0.4 is 14.5 Å². The predicted octanol–water partition coefficient (Wildman–Crippen LogP) is 5.19. The number of fused-ring (bicyclic) bond motifs is 1. The van der Waals surface area contributed by atoms with E-state index >= 15 is 0 Å². The van der Waals surface area contributed by atoms with Gasteiger partial charge in [0.25, 0.3) is 5.78 Å². The van der Waals surface area contributed by atoms with Gasteiger partial charge in [0.2, 0.25) is 5.95 Å². The van der Waals surface area contributed by atoms with E-state index in [2.05, 4.69) is 9.97 Å². The summed E-state index contributed by atoms with van der Waals surface area (Å²) in [5.74, 6) is -0.892. The molecule has 1 aliphatic rings. The Morgan fingerprint density at radius 3 is 2.29 bits per heavy atom. The number of amides is 1. The minimum Gasteiger partial charge on any atom is -0.507 e. The lowest BCUT2D eigenvalue weighted by atomic mass is 9.93. The number of hydrogen-bond donors (Lipinski definition) is 2. The van der Waals surface area contributed by atoms with Crippen LogP contribution in [0.3, 0.4) is 0 Å². The van der Waals surface area contributed by atoms with Crippen molar-refractivity contribution in [3.63, 3.8) is 0 Å². The Bertz CT molecular complexity index is 1580. The van der Waals surface area contributed by atoms with Gasteiger partial charge >= 0.3 is 5.91 Å². The van der Waals surface area contributed by atoms with Gasteiger partial charge < -0.3 is 19.7 Å². The Labute approximate surface area is 221 Å². The second-order valence-electron chi connectivity index (χ2n) is 9.85. The van der Waals surface area contributed by atoms with E-state index in [4.69, 9.17) is 4.74 Å². The first kappa shape index (κ1) is 25.1. The third kappa shape index (κ3) is 4.08. The molecule has 1 unspecified atom stereocenters. The molecule has 0 aliphatic carbocycles. The zero-order valence-electron chi connectivity index (χ0n) is 22.3. The summed E-state index contributed by atoms with van der Waals surface area (Å²) in [6.45, 7) is 5.82. The lowest BCUT2D eigenvalue weighted by Gasteiger charge is -2.24. The van der Waals surface area contributed by atoms with E-state index in [0.717, 1.165) is 22.3 Å². The Balaban J connectivity index is 1.73. The molecule has 38 heavy (non-hydrogen) atoms. The molecule has 0 spiro atoms. The molecule has 1 fully saturated rings. The van der Waals surface area contributed by atoms with Gasteiger partial charge in [0, 0.05) is 25.3 Å². The SMILES string of the molecule is COc1ccc(/C(O)=C2\C(=O)C(=O)N(c3nc4cc(C)c(C)cc4[nH]3)C2c2ccc(N(C)C)cc2)c(C)c1. The number of methoxy groups -OCH3 is 1. The van der Waals surface area contributed by atoms with Crippen LogP contribution >= 0.6 is 0 Å². The number of aliphatic hydroxyl groups excluding tert-OH is 1. The Kier molecular flexibility index (Phi) is 6.18. The summed E-state index contributed by atoms with van der Waals surface area (Å²) in [6, 6.07) is 15.8. The van der Waals surface area contributed by atoms with Crippen molar-refractivity contribution in [2.45, 2.75) is 26.8 Å². The lowest BCUT2D eigenvalue weighted by Crippen LogP contribution is -2.30. The van der Waals surface area contributed by atoms with Crippen molar-refractivity contribution in [3.05, 3.63) is 88.0 Å². The number of nitrogens with one attached hydrogen (secondary N) is 1. The number of nitrogens with zero attached hydrogens (tertiary/aromatic N) is 3. The van der Waals surface area contributed by atoms with Crippen LogP contribution in [-0.4, -0.2) is 48.0 Å². The smallest absolute Gasteiger partial charge is 0.302 e. The number of ether oxygens (including phenoxy) is 1. The molecule has 1 aromatic heterocycles. The van der Waals surface area contributed by atoms with Gasteiger partial charge in [-0.3, -0.25) is 14.5 Å². The van der Waals surface area contributed by atoms with E-state index < -0.39 is 17.7 Å². The Morgan fingerprint density at radius 2 is 1.66 bits per heavy atom. The molecule has 5 rings (SSSR count). The number of aryl methyl sites for hydroxylation is 3. The molecule has 0 bridgehead atoms. The molecule has 8 nitrogen and oxygen atoms in total. The molecule has 2 N–H and O–H groups in total. The molecule has 194 valence electrons. The maximum atomic E-state index is 13.5. The molecule has 1 aliphatic heterocycles. The quantitative estimate of drug-likeness (QED) is 0.218. The summed E-state index contributed by atoms with van der Waals surface area (Å²) in [7, 11) is 5.44. The topological polar surface area (TPSA) is 98.8 Å². The Hall–Kier alpha value is -4.59. The fourth-order valence-corrected chi connectivity index (χ4v) is 4.87. The van der Waals surface area contributed by atoms with Crippen molar-refractivity contribution in [3.8, 4) is 5.75 Å². The number of imidazole rings is 1. The minimum atomic E-state index is -0.879. The fourth-order valence-electron chi connectivity index (χ4n) is 4.87. The van der Waals surface area contributed by atoms with Gasteiger partial charge in [0.15, 0.2) is 0 Å². The van der Waals surface area contributed by atoms with Crippen LogP contribution in [0.15, 0.2) is 60.2 Å². The number of aromatic nitrogens is 2. The summed E-state index contributed by atoms with van der Waals surface area (Å²) in [5.41, 5.74) is 6.42. The number of H-pyrrole nitrogens is 1. The highest BCUT2D eigenvalue weighted by atomic mass is 16.5. The second kappa shape index (κ2) is 9.37. The molecule has 4 aromatic rings. The van der Waals surface area contributed by atoms with Gasteiger partial charge in [0.1, 0.15) is 11.5 Å². The number of carbonyl (C=O) groups excluding carboxylic acids is 2. The molecule has 1 atom stereocenters. The number of hydrogen-bond acceptors (Lipinski definition) is 6. The van der Waals surface area contributed by atoms with Crippen molar-refractivity contribution in [2.24, 2.45) is 0 Å². The van der Waals surface area contributed by atoms with Crippen molar-refractivity contribution in [1.82, 2.24) is 9.97 Å². The van der Waals surface area contributed by atoms with Crippen LogP contribution in [0.4, 0.5) is 11.6 Å². The summed E-state index contributed by atoms with van der Waals surface area (Å²) in [4.78, 5) is 38.3. The number of Topliss-reactive ketones (excluding diaryl/α,β-unsaturated/α-hetero) is 1. The number of ketones is 1. The molecule has 1 amide bonds. The molecule has 8 heteroatoms. The molecular formula is C30H30N4O4. The van der Waals surface area contributed by atoms with E-state index in [1.165, 1.54) is 4.90 Å². The number of rotatable bonds is 5.